The van der Waals surface area contributed by atoms with Gasteiger partial charge in [0, 0.05) is 19.2 Å². The number of hydrazone groups is 1. The minimum atomic E-state index is -2.67. The molecule has 0 spiro atoms. The number of hydrogen-bond donors (Lipinski definition) is 0. The Morgan fingerprint density at radius 2 is 1.32 bits per heavy atom. The van der Waals surface area contributed by atoms with Gasteiger partial charge in [0.2, 0.25) is 0 Å². The first-order valence-corrected chi connectivity index (χ1v) is 12.0. The lowest BCUT2D eigenvalue weighted by Crippen LogP contribution is -2.40. The molecule has 4 rings (SSSR count). The highest BCUT2D eigenvalue weighted by Crippen LogP contribution is 2.72. The minimum absolute atomic E-state index is 0.485. The molecule has 1 unspecified atom stereocenters. The largest absolute Gasteiger partial charge is 0.335 e. The van der Waals surface area contributed by atoms with Crippen molar-refractivity contribution in [3.8, 4) is 0 Å². The molecule has 0 amide bonds. The lowest BCUT2D eigenvalue weighted by atomic mass is 9.86. The molecule has 3 aromatic carbocycles. The van der Waals surface area contributed by atoms with E-state index in [1.54, 1.807) is 7.11 Å². The van der Waals surface area contributed by atoms with E-state index in [1.807, 2.05) is 47.2 Å². The molecule has 0 radical (unpaired) electrons. The molecule has 0 bridgehead atoms. The summed E-state index contributed by atoms with van der Waals surface area (Å²) in [6.07, 6.45) is -1.94. The van der Waals surface area contributed by atoms with E-state index >= 15 is 0 Å². The molecule has 0 saturated carbocycles. The molecular weight excluding hydrogens is 383 g/mol. The number of hydrogen-bond acceptors (Lipinski definition) is 3. The van der Waals surface area contributed by atoms with Crippen molar-refractivity contribution in [2.24, 2.45) is 5.10 Å². The first-order chi connectivity index (χ1) is 13.6. The highest BCUT2D eigenvalue weighted by Gasteiger charge is 2.54. The van der Waals surface area contributed by atoms with Gasteiger partial charge in [-0.1, -0.05) is 78.9 Å². The van der Waals surface area contributed by atoms with Crippen LogP contribution in [0.15, 0.2) is 96.1 Å². The number of benzene rings is 3. The fourth-order valence-electron chi connectivity index (χ4n) is 4.02. The van der Waals surface area contributed by atoms with Gasteiger partial charge in [-0.2, -0.15) is 5.10 Å². The van der Waals surface area contributed by atoms with E-state index in [2.05, 4.69) is 55.5 Å². The third kappa shape index (κ3) is 2.93. The van der Waals surface area contributed by atoms with Gasteiger partial charge in [-0.05, 0) is 42.0 Å². The van der Waals surface area contributed by atoms with Crippen molar-refractivity contribution in [2.45, 2.75) is 18.5 Å². The standard InChI is InChI=1S/C23H23N2OPS/c1-19-18-23(20-12-6-3-7-13-20,21-14-8-4-9-15-21)27(28,26-2)25(24-19)22-16-10-5-11-17-22/h3-17H,18H2,1-2H3. The third-order valence-corrected chi connectivity index (χ3v) is 10.0. The highest BCUT2D eigenvalue weighted by molar-refractivity contribution is 8.13. The smallest absolute Gasteiger partial charge is 0.190 e. The molecule has 1 aliphatic rings. The van der Waals surface area contributed by atoms with Crippen LogP contribution in [0.2, 0.25) is 0 Å². The SMILES string of the molecule is COP1(=S)N(c2ccccc2)N=C(C)CC1(c1ccccc1)c1ccccc1. The number of rotatable bonds is 4. The van der Waals surface area contributed by atoms with Gasteiger partial charge in [-0.25, -0.2) is 4.78 Å². The summed E-state index contributed by atoms with van der Waals surface area (Å²) in [4.78, 5) is 0. The summed E-state index contributed by atoms with van der Waals surface area (Å²) in [6, 6.07) is 31.1. The van der Waals surface area contributed by atoms with Gasteiger partial charge in [-0.3, -0.25) is 0 Å². The van der Waals surface area contributed by atoms with Gasteiger partial charge in [0.15, 0.2) is 6.42 Å². The maximum Gasteiger partial charge on any atom is 0.190 e. The molecule has 0 aliphatic carbocycles. The van der Waals surface area contributed by atoms with Crippen molar-refractivity contribution >= 4 is 29.6 Å². The summed E-state index contributed by atoms with van der Waals surface area (Å²) in [6.45, 7) is 2.07. The Morgan fingerprint density at radius 1 is 0.857 bits per heavy atom. The zero-order valence-corrected chi connectivity index (χ0v) is 17.7. The number of nitrogens with zero attached hydrogens (tertiary/aromatic N) is 2. The van der Waals surface area contributed by atoms with Crippen LogP contribution in [0.25, 0.3) is 0 Å². The second-order valence-electron chi connectivity index (χ2n) is 6.93. The van der Waals surface area contributed by atoms with Crippen LogP contribution < -0.4 is 4.78 Å². The quantitative estimate of drug-likeness (QED) is 0.484. The molecule has 0 saturated heterocycles. The maximum atomic E-state index is 6.42. The van der Waals surface area contributed by atoms with E-state index < -0.39 is 11.6 Å². The zero-order chi connectivity index (χ0) is 19.6. The molecule has 1 atom stereocenters. The van der Waals surface area contributed by atoms with E-state index in [9.17, 15) is 0 Å². The second kappa shape index (κ2) is 7.63. The van der Waals surface area contributed by atoms with Crippen LogP contribution in [-0.2, 0) is 21.5 Å². The number of para-hydroxylation sites is 1. The summed E-state index contributed by atoms with van der Waals surface area (Å²) in [5.74, 6) is 0. The lowest BCUT2D eigenvalue weighted by molar-refractivity contribution is 0.431. The van der Waals surface area contributed by atoms with E-state index in [1.165, 1.54) is 11.1 Å². The molecule has 5 heteroatoms. The summed E-state index contributed by atoms with van der Waals surface area (Å²) in [5, 5.41) is 4.41. The van der Waals surface area contributed by atoms with Crippen LogP contribution in [0.3, 0.4) is 0 Å². The lowest BCUT2D eigenvalue weighted by Gasteiger charge is -2.50. The van der Waals surface area contributed by atoms with Crippen molar-refractivity contribution in [1.82, 2.24) is 0 Å². The van der Waals surface area contributed by atoms with Crippen LogP contribution in [0.5, 0.6) is 0 Å². The van der Waals surface area contributed by atoms with Gasteiger partial charge in [0.25, 0.3) is 0 Å². The predicted molar refractivity (Wildman–Crippen MR) is 122 cm³/mol. The average Bonchev–Trinajstić information content (AvgIpc) is 2.77. The first kappa shape index (κ1) is 19.1. The van der Waals surface area contributed by atoms with Crippen molar-refractivity contribution in [3.05, 3.63) is 102 Å². The molecule has 3 aromatic rings. The van der Waals surface area contributed by atoms with E-state index in [0.717, 1.165) is 17.8 Å². The van der Waals surface area contributed by atoms with Gasteiger partial charge >= 0.3 is 0 Å². The Kier molecular flexibility index (Phi) is 5.20. The van der Waals surface area contributed by atoms with Gasteiger partial charge in [0.05, 0.1) is 10.8 Å². The summed E-state index contributed by atoms with van der Waals surface area (Å²) in [5.41, 5.74) is 4.33. The molecule has 1 heterocycles. The Labute approximate surface area is 171 Å². The predicted octanol–water partition coefficient (Wildman–Crippen LogP) is 6.17. The monoisotopic (exact) mass is 406 g/mol. The fourth-order valence-corrected chi connectivity index (χ4v) is 8.11. The van der Waals surface area contributed by atoms with E-state index in [4.69, 9.17) is 21.4 Å². The minimum Gasteiger partial charge on any atom is -0.335 e. The normalized spacial score (nSPS) is 21.2. The average molecular weight is 406 g/mol. The topological polar surface area (TPSA) is 24.8 Å². The van der Waals surface area contributed by atoms with Crippen molar-refractivity contribution in [3.63, 3.8) is 0 Å². The molecule has 0 N–H and O–H groups in total. The summed E-state index contributed by atoms with van der Waals surface area (Å²) < 4.78 is 8.24. The van der Waals surface area contributed by atoms with Gasteiger partial charge < -0.3 is 4.52 Å². The van der Waals surface area contributed by atoms with E-state index in [-0.39, 0.29) is 0 Å². The Morgan fingerprint density at radius 3 is 1.79 bits per heavy atom. The van der Waals surface area contributed by atoms with Gasteiger partial charge in [0.1, 0.15) is 0 Å². The molecular formula is C23H23N2OPS. The fraction of sp³-hybridized carbons (Fsp3) is 0.174. The van der Waals surface area contributed by atoms with Crippen molar-refractivity contribution < 1.29 is 4.52 Å². The molecule has 28 heavy (non-hydrogen) atoms. The molecule has 3 nitrogen and oxygen atoms in total. The molecule has 0 fully saturated rings. The maximum absolute atomic E-state index is 6.42. The highest BCUT2D eigenvalue weighted by atomic mass is 32.4. The molecule has 1 aliphatic heterocycles. The van der Waals surface area contributed by atoms with Crippen LogP contribution in [0.4, 0.5) is 5.69 Å². The van der Waals surface area contributed by atoms with Crippen molar-refractivity contribution in [1.29, 1.82) is 0 Å². The van der Waals surface area contributed by atoms with Crippen LogP contribution in [0.1, 0.15) is 24.5 Å². The van der Waals surface area contributed by atoms with E-state index in [0.29, 0.717) is 0 Å². The summed E-state index contributed by atoms with van der Waals surface area (Å²) in [7, 11) is 1.73. The Hall–Kier alpha value is -2.26. The van der Waals surface area contributed by atoms with Crippen LogP contribution >= 0.6 is 6.42 Å². The number of anilines is 1. The first-order valence-electron chi connectivity index (χ1n) is 9.28. The third-order valence-electron chi connectivity index (χ3n) is 5.25. The second-order valence-corrected chi connectivity index (χ2v) is 11.0. The van der Waals surface area contributed by atoms with Crippen LogP contribution in [0, 0.1) is 0 Å². The Balaban J connectivity index is 2.05. The Bertz CT molecular complexity index is 983. The molecule has 0 aromatic heterocycles. The zero-order valence-electron chi connectivity index (χ0n) is 16.0. The van der Waals surface area contributed by atoms with Crippen molar-refractivity contribution in [2.75, 3.05) is 11.9 Å². The van der Waals surface area contributed by atoms with Gasteiger partial charge in [-0.15, -0.1) is 0 Å². The molecule has 142 valence electrons. The summed E-state index contributed by atoms with van der Waals surface area (Å²) >= 11 is 6.42. The van der Waals surface area contributed by atoms with Crippen LogP contribution in [-0.4, -0.2) is 12.8 Å².